The van der Waals surface area contributed by atoms with E-state index in [-0.39, 0.29) is 5.82 Å². The fourth-order valence-corrected chi connectivity index (χ4v) is 2.51. The number of hydrogen-bond acceptors (Lipinski definition) is 1. The number of hydrogen-bond donors (Lipinski definition) is 1. The van der Waals surface area contributed by atoms with E-state index in [0.29, 0.717) is 5.56 Å². The molecule has 1 nitrogen and oxygen atoms in total. The topological polar surface area (TPSA) is 26.0 Å². The molecule has 0 saturated heterocycles. The third-order valence-electron chi connectivity index (χ3n) is 2.85. The molecule has 4 heteroatoms. The van der Waals surface area contributed by atoms with Crippen molar-refractivity contribution >= 4 is 31.9 Å². The van der Waals surface area contributed by atoms with Crippen LogP contribution in [-0.4, -0.2) is 0 Å². The second-order valence-corrected chi connectivity index (χ2v) is 5.92. The van der Waals surface area contributed by atoms with Gasteiger partial charge in [-0.2, -0.15) is 0 Å². The minimum Gasteiger partial charge on any atom is -0.320 e. The summed E-state index contributed by atoms with van der Waals surface area (Å²) in [6.45, 7) is 2.00. The summed E-state index contributed by atoms with van der Waals surface area (Å²) in [6, 6.07) is 10.1. The first kappa shape index (κ1) is 13.7. The highest BCUT2D eigenvalue weighted by atomic mass is 79.9. The maximum absolute atomic E-state index is 13.8. The lowest BCUT2D eigenvalue weighted by atomic mass is 9.98. The summed E-state index contributed by atoms with van der Waals surface area (Å²) in [5, 5.41) is 0. The molecule has 1 atom stereocenters. The van der Waals surface area contributed by atoms with Crippen LogP contribution in [0.5, 0.6) is 0 Å². The van der Waals surface area contributed by atoms with Gasteiger partial charge in [-0.1, -0.05) is 44.0 Å². The Hall–Kier alpha value is -0.710. The highest BCUT2D eigenvalue weighted by Crippen LogP contribution is 2.28. The van der Waals surface area contributed by atoms with E-state index in [1.807, 2.05) is 25.1 Å². The van der Waals surface area contributed by atoms with Crippen molar-refractivity contribution in [3.05, 3.63) is 67.9 Å². The van der Waals surface area contributed by atoms with Gasteiger partial charge in [0.2, 0.25) is 0 Å². The molecule has 0 aliphatic heterocycles. The van der Waals surface area contributed by atoms with Crippen LogP contribution in [0.4, 0.5) is 4.39 Å². The van der Waals surface area contributed by atoms with Crippen LogP contribution in [0.3, 0.4) is 0 Å². The second-order valence-electron chi connectivity index (χ2n) is 4.15. The van der Waals surface area contributed by atoms with Crippen molar-refractivity contribution in [3.8, 4) is 0 Å². The van der Waals surface area contributed by atoms with Crippen LogP contribution in [0.1, 0.15) is 22.7 Å². The van der Waals surface area contributed by atoms with Crippen molar-refractivity contribution in [3.63, 3.8) is 0 Å². The standard InChI is InChI=1S/C14H12Br2FN/c1-8-2-3-9(6-12(8)16)14(18)11-7-10(15)4-5-13(11)17/h2-7,14H,18H2,1H3. The largest absolute Gasteiger partial charge is 0.320 e. The van der Waals surface area contributed by atoms with Gasteiger partial charge < -0.3 is 5.73 Å². The van der Waals surface area contributed by atoms with Crippen molar-refractivity contribution in [2.24, 2.45) is 5.73 Å². The molecule has 1 unspecified atom stereocenters. The summed E-state index contributed by atoms with van der Waals surface area (Å²) in [6.07, 6.45) is 0. The predicted molar refractivity (Wildman–Crippen MR) is 79.0 cm³/mol. The molecule has 0 heterocycles. The van der Waals surface area contributed by atoms with Gasteiger partial charge in [0.15, 0.2) is 0 Å². The van der Waals surface area contributed by atoms with E-state index >= 15 is 0 Å². The lowest BCUT2D eigenvalue weighted by Gasteiger charge is -2.15. The lowest BCUT2D eigenvalue weighted by Crippen LogP contribution is -2.13. The van der Waals surface area contributed by atoms with Gasteiger partial charge in [0.25, 0.3) is 0 Å². The molecule has 0 fully saturated rings. The fourth-order valence-electron chi connectivity index (χ4n) is 1.74. The first-order chi connectivity index (χ1) is 8.49. The van der Waals surface area contributed by atoms with Crippen LogP contribution in [0.15, 0.2) is 45.3 Å². The van der Waals surface area contributed by atoms with Crippen molar-refractivity contribution in [1.29, 1.82) is 0 Å². The van der Waals surface area contributed by atoms with Gasteiger partial charge in [-0.25, -0.2) is 4.39 Å². The van der Waals surface area contributed by atoms with Crippen LogP contribution in [0, 0.1) is 12.7 Å². The molecule has 18 heavy (non-hydrogen) atoms. The van der Waals surface area contributed by atoms with Crippen LogP contribution < -0.4 is 5.73 Å². The highest BCUT2D eigenvalue weighted by molar-refractivity contribution is 9.10. The molecule has 2 rings (SSSR count). The molecule has 0 radical (unpaired) electrons. The van der Waals surface area contributed by atoms with E-state index in [2.05, 4.69) is 31.9 Å². The molecular formula is C14H12Br2FN. The van der Waals surface area contributed by atoms with Crippen molar-refractivity contribution < 1.29 is 4.39 Å². The molecule has 0 aliphatic rings. The number of halogens is 3. The van der Waals surface area contributed by atoms with E-state index in [1.165, 1.54) is 6.07 Å². The van der Waals surface area contributed by atoms with Crippen molar-refractivity contribution in [2.45, 2.75) is 13.0 Å². The summed E-state index contributed by atoms with van der Waals surface area (Å²) in [5.74, 6) is -0.289. The summed E-state index contributed by atoms with van der Waals surface area (Å²) >= 11 is 6.79. The molecule has 0 bridgehead atoms. The minimum atomic E-state index is -0.473. The fraction of sp³-hybridized carbons (Fsp3) is 0.143. The Morgan fingerprint density at radius 2 is 1.83 bits per heavy atom. The predicted octanol–water partition coefficient (Wildman–Crippen LogP) is 4.71. The minimum absolute atomic E-state index is 0.289. The normalized spacial score (nSPS) is 12.5. The second kappa shape index (κ2) is 5.51. The van der Waals surface area contributed by atoms with Gasteiger partial charge in [-0.05, 0) is 42.3 Å². The third kappa shape index (κ3) is 2.82. The molecule has 0 aromatic heterocycles. The van der Waals surface area contributed by atoms with E-state index in [4.69, 9.17) is 5.73 Å². The summed E-state index contributed by atoms with van der Waals surface area (Å²) in [4.78, 5) is 0. The molecule has 2 aromatic rings. The Bertz CT molecular complexity index is 584. The highest BCUT2D eigenvalue weighted by Gasteiger charge is 2.14. The van der Waals surface area contributed by atoms with E-state index < -0.39 is 6.04 Å². The maximum Gasteiger partial charge on any atom is 0.128 e. The molecule has 0 saturated carbocycles. The molecule has 2 aromatic carbocycles. The third-order valence-corrected chi connectivity index (χ3v) is 4.20. The number of rotatable bonds is 2. The van der Waals surface area contributed by atoms with Crippen LogP contribution >= 0.6 is 31.9 Å². The number of benzene rings is 2. The Morgan fingerprint density at radius 3 is 2.50 bits per heavy atom. The zero-order chi connectivity index (χ0) is 13.3. The molecule has 94 valence electrons. The van der Waals surface area contributed by atoms with E-state index in [9.17, 15) is 4.39 Å². The van der Waals surface area contributed by atoms with Gasteiger partial charge in [0.1, 0.15) is 5.82 Å². The Balaban J connectivity index is 2.44. The Labute approximate surface area is 122 Å². The van der Waals surface area contributed by atoms with E-state index in [1.54, 1.807) is 12.1 Å². The van der Waals surface area contributed by atoms with Crippen LogP contribution in [0.2, 0.25) is 0 Å². The van der Waals surface area contributed by atoms with Gasteiger partial charge in [-0.15, -0.1) is 0 Å². The van der Waals surface area contributed by atoms with E-state index in [0.717, 1.165) is 20.1 Å². The average Bonchev–Trinajstić information content (AvgIpc) is 2.35. The first-order valence-electron chi connectivity index (χ1n) is 5.45. The molecule has 0 amide bonds. The summed E-state index contributed by atoms with van der Waals surface area (Å²) in [5.41, 5.74) is 8.61. The van der Waals surface area contributed by atoms with Gasteiger partial charge in [-0.3, -0.25) is 0 Å². The van der Waals surface area contributed by atoms with Crippen molar-refractivity contribution in [2.75, 3.05) is 0 Å². The maximum atomic E-state index is 13.8. The summed E-state index contributed by atoms with van der Waals surface area (Å²) in [7, 11) is 0. The Morgan fingerprint density at radius 1 is 1.11 bits per heavy atom. The zero-order valence-corrected chi connectivity index (χ0v) is 12.9. The monoisotopic (exact) mass is 371 g/mol. The smallest absolute Gasteiger partial charge is 0.128 e. The van der Waals surface area contributed by atoms with Crippen LogP contribution in [-0.2, 0) is 0 Å². The number of aryl methyl sites for hydroxylation is 1. The number of nitrogens with two attached hydrogens (primary N) is 1. The first-order valence-corrected chi connectivity index (χ1v) is 7.04. The molecule has 0 spiro atoms. The average molecular weight is 373 g/mol. The SMILES string of the molecule is Cc1ccc(C(N)c2cc(Br)ccc2F)cc1Br. The lowest BCUT2D eigenvalue weighted by molar-refractivity contribution is 0.599. The van der Waals surface area contributed by atoms with Crippen molar-refractivity contribution in [1.82, 2.24) is 0 Å². The quantitative estimate of drug-likeness (QED) is 0.811. The Kier molecular flexibility index (Phi) is 4.20. The molecular weight excluding hydrogens is 361 g/mol. The summed E-state index contributed by atoms with van der Waals surface area (Å²) < 4.78 is 15.6. The van der Waals surface area contributed by atoms with Gasteiger partial charge in [0.05, 0.1) is 6.04 Å². The molecule has 0 aliphatic carbocycles. The van der Waals surface area contributed by atoms with Gasteiger partial charge >= 0.3 is 0 Å². The molecule has 2 N–H and O–H groups in total. The van der Waals surface area contributed by atoms with Gasteiger partial charge in [0, 0.05) is 14.5 Å². The zero-order valence-electron chi connectivity index (χ0n) is 9.75. The van der Waals surface area contributed by atoms with Crippen LogP contribution in [0.25, 0.3) is 0 Å².